The van der Waals surface area contributed by atoms with E-state index in [2.05, 4.69) is 27.6 Å². The summed E-state index contributed by atoms with van der Waals surface area (Å²) in [6.45, 7) is 0. The molecule has 3 aromatic rings. The quantitative estimate of drug-likeness (QED) is 0.433. The summed E-state index contributed by atoms with van der Waals surface area (Å²) in [6, 6.07) is 16.3. The first-order valence-corrected chi connectivity index (χ1v) is 11.1. The highest BCUT2D eigenvalue weighted by Gasteiger charge is 2.78. The van der Waals surface area contributed by atoms with Crippen molar-refractivity contribution in [2.45, 2.75) is 23.2 Å². The van der Waals surface area contributed by atoms with Crippen LogP contribution in [0.2, 0.25) is 0 Å². The Labute approximate surface area is 197 Å². The van der Waals surface area contributed by atoms with E-state index in [0.29, 0.717) is 11.1 Å². The predicted molar refractivity (Wildman–Crippen MR) is 122 cm³/mol. The number of ether oxygens (including phenoxy) is 2. The van der Waals surface area contributed by atoms with Crippen molar-refractivity contribution in [2.75, 3.05) is 7.11 Å². The molecule has 164 valence electrons. The zero-order chi connectivity index (χ0) is 22.7. The number of fused-ring (bicyclic) bond motifs is 3. The van der Waals surface area contributed by atoms with Crippen LogP contribution in [-0.4, -0.2) is 39.5 Å². The molecule has 5 rings (SSSR count). The number of benzene rings is 2. The number of carboxylic acids is 1. The van der Waals surface area contributed by atoms with E-state index in [1.165, 1.54) is 19.5 Å². The molecule has 2 heterocycles. The number of aliphatic hydroxyl groups is 2. The van der Waals surface area contributed by atoms with Gasteiger partial charge in [-0.1, -0.05) is 42.5 Å². The maximum absolute atomic E-state index is 12.5. The molecule has 32 heavy (non-hydrogen) atoms. The van der Waals surface area contributed by atoms with Crippen molar-refractivity contribution in [3.63, 3.8) is 0 Å². The summed E-state index contributed by atoms with van der Waals surface area (Å²) in [5.74, 6) is -3.01. The summed E-state index contributed by atoms with van der Waals surface area (Å²) in [6.07, 6.45) is 1.19. The molecule has 5 unspecified atom stereocenters. The number of aromatic nitrogens is 1. The number of carbonyl (C=O) groups is 1. The molecular formula is C24H20INO6. The molecule has 1 aromatic heterocycles. The van der Waals surface area contributed by atoms with Crippen LogP contribution in [-0.2, 0) is 16.0 Å². The Balaban J connectivity index is 1.89. The molecule has 0 spiro atoms. The third-order valence-corrected chi connectivity index (χ3v) is 7.32. The van der Waals surface area contributed by atoms with Crippen LogP contribution < -0.4 is 9.47 Å². The highest BCUT2D eigenvalue weighted by molar-refractivity contribution is 14.1. The van der Waals surface area contributed by atoms with E-state index in [4.69, 9.17) is 9.47 Å². The number of rotatable bonds is 4. The van der Waals surface area contributed by atoms with E-state index in [-0.39, 0.29) is 17.1 Å². The highest BCUT2D eigenvalue weighted by atomic mass is 127. The largest absolute Gasteiger partial charge is 0.495 e. The van der Waals surface area contributed by atoms with E-state index < -0.39 is 35.1 Å². The molecule has 1 fully saturated rings. The maximum atomic E-state index is 12.5. The van der Waals surface area contributed by atoms with E-state index in [1.807, 2.05) is 18.2 Å². The summed E-state index contributed by atoms with van der Waals surface area (Å²) in [5.41, 5.74) is -2.35. The monoisotopic (exact) mass is 545 g/mol. The molecule has 1 aliphatic heterocycles. The molecule has 0 radical (unpaired) electrons. The lowest BCUT2D eigenvalue weighted by Crippen LogP contribution is -2.52. The number of methoxy groups -OCH3 is 1. The van der Waals surface area contributed by atoms with Crippen molar-refractivity contribution in [1.82, 2.24) is 4.98 Å². The summed E-state index contributed by atoms with van der Waals surface area (Å²) < 4.78 is 12.9. The second-order valence-electron chi connectivity index (χ2n) is 8.02. The number of carboxylic acid groups (broad SMARTS) is 1. The zero-order valence-corrected chi connectivity index (χ0v) is 19.1. The number of halogens is 1. The Kier molecular flexibility index (Phi) is 4.92. The van der Waals surface area contributed by atoms with Gasteiger partial charge in [-0.3, -0.25) is 9.78 Å². The van der Waals surface area contributed by atoms with E-state index in [1.54, 1.807) is 36.4 Å². The SMILES string of the molecule is COc1cncc2c1C1(O)C(O)C(C(=O)O)C(c3ccccc3)C1(c1ccc(I)cc1)O2. The minimum Gasteiger partial charge on any atom is -0.495 e. The number of aliphatic carboxylic acids is 1. The van der Waals surface area contributed by atoms with Gasteiger partial charge in [0.15, 0.2) is 11.2 Å². The fraction of sp³-hybridized carbons (Fsp3) is 0.250. The Morgan fingerprint density at radius 1 is 1.12 bits per heavy atom. The summed E-state index contributed by atoms with van der Waals surface area (Å²) in [5, 5.41) is 34.0. The maximum Gasteiger partial charge on any atom is 0.310 e. The Morgan fingerprint density at radius 2 is 1.81 bits per heavy atom. The van der Waals surface area contributed by atoms with Crippen molar-refractivity contribution < 1.29 is 29.6 Å². The van der Waals surface area contributed by atoms with Gasteiger partial charge in [0.05, 0.1) is 31.0 Å². The Bertz CT molecular complexity index is 1190. The molecule has 1 aliphatic carbocycles. The summed E-state index contributed by atoms with van der Waals surface area (Å²) in [7, 11) is 1.43. The molecule has 2 aliphatic rings. The van der Waals surface area contributed by atoms with Crippen LogP contribution in [0.25, 0.3) is 0 Å². The molecule has 0 saturated heterocycles. The predicted octanol–water partition coefficient (Wildman–Crippen LogP) is 3.03. The van der Waals surface area contributed by atoms with Crippen molar-refractivity contribution in [3.8, 4) is 11.5 Å². The molecule has 7 nitrogen and oxygen atoms in total. The zero-order valence-electron chi connectivity index (χ0n) is 17.0. The van der Waals surface area contributed by atoms with Crippen LogP contribution in [0, 0.1) is 9.49 Å². The van der Waals surface area contributed by atoms with Gasteiger partial charge in [0.2, 0.25) is 0 Å². The Hall–Kier alpha value is -2.69. The third-order valence-electron chi connectivity index (χ3n) is 6.60. The van der Waals surface area contributed by atoms with Crippen molar-refractivity contribution in [1.29, 1.82) is 0 Å². The van der Waals surface area contributed by atoms with Gasteiger partial charge in [-0.05, 0) is 45.9 Å². The second-order valence-corrected chi connectivity index (χ2v) is 9.27. The van der Waals surface area contributed by atoms with Gasteiger partial charge in [-0.15, -0.1) is 0 Å². The molecule has 0 bridgehead atoms. The first kappa shape index (κ1) is 21.2. The van der Waals surface area contributed by atoms with Crippen LogP contribution in [0.3, 0.4) is 0 Å². The van der Waals surface area contributed by atoms with Crippen LogP contribution in [0.15, 0.2) is 67.0 Å². The van der Waals surface area contributed by atoms with Gasteiger partial charge in [-0.25, -0.2) is 0 Å². The van der Waals surface area contributed by atoms with Crippen molar-refractivity contribution >= 4 is 28.6 Å². The number of nitrogens with zero attached hydrogens (tertiary/aromatic N) is 1. The minimum absolute atomic E-state index is 0.200. The molecule has 2 aromatic carbocycles. The van der Waals surface area contributed by atoms with Crippen molar-refractivity contribution in [2.24, 2.45) is 5.92 Å². The average molecular weight is 545 g/mol. The van der Waals surface area contributed by atoms with Crippen molar-refractivity contribution in [3.05, 3.63) is 87.3 Å². The average Bonchev–Trinajstić information content (AvgIpc) is 3.18. The number of hydrogen-bond acceptors (Lipinski definition) is 6. The number of pyridine rings is 1. The van der Waals surface area contributed by atoms with Gasteiger partial charge in [-0.2, -0.15) is 0 Å². The van der Waals surface area contributed by atoms with Crippen LogP contribution in [0.1, 0.15) is 22.6 Å². The topological polar surface area (TPSA) is 109 Å². The minimum atomic E-state index is -2.10. The van der Waals surface area contributed by atoms with Crippen LogP contribution in [0.5, 0.6) is 11.5 Å². The first-order chi connectivity index (χ1) is 15.4. The normalized spacial score (nSPS) is 30.3. The molecule has 0 amide bonds. The standard InChI is InChI=1S/C24H20INO6/c1-31-16-11-26-12-17-20(16)23(30)21(27)18(22(28)29)19(13-5-3-2-4-6-13)24(23,32-17)14-7-9-15(25)10-8-14/h2-12,18-19,21,27,30H,1H3,(H,28,29). The van der Waals surface area contributed by atoms with Gasteiger partial charge in [0, 0.05) is 9.49 Å². The number of hydrogen-bond donors (Lipinski definition) is 3. The summed E-state index contributed by atoms with van der Waals surface area (Å²) >= 11 is 2.17. The highest BCUT2D eigenvalue weighted by Crippen LogP contribution is 2.69. The lowest BCUT2D eigenvalue weighted by Gasteiger charge is -2.40. The van der Waals surface area contributed by atoms with Gasteiger partial charge < -0.3 is 24.8 Å². The van der Waals surface area contributed by atoms with Crippen LogP contribution >= 0.6 is 22.6 Å². The molecule has 1 saturated carbocycles. The van der Waals surface area contributed by atoms with E-state index in [0.717, 1.165) is 3.57 Å². The molecule has 3 N–H and O–H groups in total. The molecule has 8 heteroatoms. The third kappa shape index (κ3) is 2.60. The van der Waals surface area contributed by atoms with E-state index in [9.17, 15) is 20.1 Å². The molecule has 5 atom stereocenters. The van der Waals surface area contributed by atoms with Crippen LogP contribution in [0.4, 0.5) is 0 Å². The number of aliphatic hydroxyl groups excluding tert-OH is 1. The fourth-order valence-electron chi connectivity index (χ4n) is 5.37. The van der Waals surface area contributed by atoms with Gasteiger partial charge in [0.1, 0.15) is 17.6 Å². The first-order valence-electron chi connectivity index (χ1n) is 10.0. The smallest absolute Gasteiger partial charge is 0.310 e. The van der Waals surface area contributed by atoms with Gasteiger partial charge >= 0.3 is 5.97 Å². The summed E-state index contributed by atoms with van der Waals surface area (Å²) in [4.78, 5) is 16.6. The fourth-order valence-corrected chi connectivity index (χ4v) is 5.73. The lowest BCUT2D eigenvalue weighted by atomic mass is 9.70. The second kappa shape index (κ2) is 7.43. The lowest BCUT2D eigenvalue weighted by molar-refractivity contribution is -0.159. The van der Waals surface area contributed by atoms with Gasteiger partial charge in [0.25, 0.3) is 0 Å². The van der Waals surface area contributed by atoms with E-state index >= 15 is 0 Å². The Morgan fingerprint density at radius 3 is 2.44 bits per heavy atom. The molecular weight excluding hydrogens is 525 g/mol.